The standard InChI is InChI=1S/C18H19NO/c19-17(14-6-2-1-3-7-14)18(20)16-11-5-10-15(12-16)13-8-4-9-13/h1-3,5-7,10-13,17H,4,8-9,19H2. The zero-order chi connectivity index (χ0) is 13.9. The molecule has 3 rings (SSSR count). The molecular weight excluding hydrogens is 246 g/mol. The highest BCUT2D eigenvalue weighted by Gasteiger charge is 2.22. The largest absolute Gasteiger partial charge is 0.318 e. The molecule has 2 aromatic rings. The molecule has 1 aliphatic carbocycles. The molecule has 0 radical (unpaired) electrons. The molecule has 0 amide bonds. The van der Waals surface area contributed by atoms with Gasteiger partial charge in [0, 0.05) is 5.56 Å². The Kier molecular flexibility index (Phi) is 3.66. The predicted molar refractivity (Wildman–Crippen MR) is 80.7 cm³/mol. The van der Waals surface area contributed by atoms with Gasteiger partial charge in [-0.05, 0) is 36.0 Å². The first-order chi connectivity index (χ1) is 9.75. The van der Waals surface area contributed by atoms with Crippen LogP contribution in [-0.4, -0.2) is 5.78 Å². The molecule has 0 bridgehead atoms. The Balaban J connectivity index is 1.83. The molecule has 0 aliphatic heterocycles. The van der Waals surface area contributed by atoms with Crippen LogP contribution in [0.4, 0.5) is 0 Å². The summed E-state index contributed by atoms with van der Waals surface area (Å²) in [4.78, 5) is 12.5. The zero-order valence-corrected chi connectivity index (χ0v) is 11.5. The molecule has 0 aromatic heterocycles. The van der Waals surface area contributed by atoms with E-state index in [0.717, 1.165) is 11.1 Å². The smallest absolute Gasteiger partial charge is 0.184 e. The number of carbonyl (C=O) groups is 1. The Hall–Kier alpha value is -1.93. The van der Waals surface area contributed by atoms with Crippen LogP contribution < -0.4 is 5.73 Å². The maximum Gasteiger partial charge on any atom is 0.184 e. The fourth-order valence-electron chi connectivity index (χ4n) is 2.68. The zero-order valence-electron chi connectivity index (χ0n) is 11.5. The number of Topliss-reactive ketones (excluding diaryl/α,β-unsaturated/α-hetero) is 1. The maximum atomic E-state index is 12.5. The second-order valence-electron chi connectivity index (χ2n) is 5.51. The summed E-state index contributed by atoms with van der Waals surface area (Å²) in [6.45, 7) is 0. The molecule has 0 spiro atoms. The van der Waals surface area contributed by atoms with E-state index in [1.54, 1.807) is 0 Å². The maximum absolute atomic E-state index is 12.5. The van der Waals surface area contributed by atoms with Gasteiger partial charge in [0.05, 0.1) is 6.04 Å². The van der Waals surface area contributed by atoms with E-state index in [2.05, 4.69) is 6.07 Å². The number of ketones is 1. The number of nitrogens with two attached hydrogens (primary N) is 1. The quantitative estimate of drug-likeness (QED) is 0.854. The highest BCUT2D eigenvalue weighted by atomic mass is 16.1. The van der Waals surface area contributed by atoms with Crippen molar-refractivity contribution >= 4 is 5.78 Å². The normalized spacial score (nSPS) is 16.4. The molecule has 2 nitrogen and oxygen atoms in total. The Morgan fingerprint density at radius 2 is 1.80 bits per heavy atom. The molecule has 0 heterocycles. The van der Waals surface area contributed by atoms with Crippen LogP contribution in [0.1, 0.15) is 52.7 Å². The molecule has 1 aliphatic rings. The average molecular weight is 265 g/mol. The molecule has 1 fully saturated rings. The monoisotopic (exact) mass is 265 g/mol. The average Bonchev–Trinajstić information content (AvgIpc) is 2.45. The Morgan fingerprint density at radius 1 is 1.05 bits per heavy atom. The molecule has 1 saturated carbocycles. The second kappa shape index (κ2) is 5.59. The molecule has 1 atom stereocenters. The first-order valence-corrected chi connectivity index (χ1v) is 7.20. The van der Waals surface area contributed by atoms with Gasteiger partial charge in [0.1, 0.15) is 0 Å². The van der Waals surface area contributed by atoms with Crippen molar-refractivity contribution in [2.45, 2.75) is 31.2 Å². The van der Waals surface area contributed by atoms with Crippen LogP contribution in [-0.2, 0) is 0 Å². The summed E-state index contributed by atoms with van der Waals surface area (Å²) in [5, 5.41) is 0. The summed E-state index contributed by atoms with van der Waals surface area (Å²) in [6, 6.07) is 17.0. The van der Waals surface area contributed by atoms with Crippen LogP contribution >= 0.6 is 0 Å². The van der Waals surface area contributed by atoms with Gasteiger partial charge in [-0.2, -0.15) is 0 Å². The minimum absolute atomic E-state index is 0.00243. The topological polar surface area (TPSA) is 43.1 Å². The summed E-state index contributed by atoms with van der Waals surface area (Å²) in [5.74, 6) is 0.632. The third kappa shape index (κ3) is 2.52. The lowest BCUT2D eigenvalue weighted by molar-refractivity contribution is 0.0961. The Labute approximate surface area is 119 Å². The van der Waals surface area contributed by atoms with E-state index in [4.69, 9.17) is 5.73 Å². The van der Waals surface area contributed by atoms with Crippen LogP contribution in [0.2, 0.25) is 0 Å². The highest BCUT2D eigenvalue weighted by molar-refractivity contribution is 6.00. The number of carbonyl (C=O) groups excluding carboxylic acids is 1. The van der Waals surface area contributed by atoms with Crippen molar-refractivity contribution in [3.8, 4) is 0 Å². The summed E-state index contributed by atoms with van der Waals surface area (Å²) >= 11 is 0. The van der Waals surface area contributed by atoms with E-state index in [1.807, 2.05) is 48.5 Å². The summed E-state index contributed by atoms with van der Waals surface area (Å²) < 4.78 is 0. The number of rotatable bonds is 4. The van der Waals surface area contributed by atoms with Gasteiger partial charge in [-0.1, -0.05) is 55.0 Å². The molecule has 102 valence electrons. The van der Waals surface area contributed by atoms with Crippen LogP contribution in [0.5, 0.6) is 0 Å². The summed E-state index contributed by atoms with van der Waals surface area (Å²) in [5.41, 5.74) is 8.97. The van der Waals surface area contributed by atoms with E-state index < -0.39 is 6.04 Å². The molecule has 20 heavy (non-hydrogen) atoms. The predicted octanol–water partition coefficient (Wildman–Crippen LogP) is 3.84. The number of hydrogen-bond acceptors (Lipinski definition) is 2. The van der Waals surface area contributed by atoms with E-state index in [1.165, 1.54) is 24.8 Å². The van der Waals surface area contributed by atoms with E-state index >= 15 is 0 Å². The lowest BCUT2D eigenvalue weighted by Gasteiger charge is -2.26. The summed E-state index contributed by atoms with van der Waals surface area (Å²) in [6.07, 6.45) is 3.77. The van der Waals surface area contributed by atoms with Crippen molar-refractivity contribution in [3.63, 3.8) is 0 Å². The van der Waals surface area contributed by atoms with Crippen molar-refractivity contribution < 1.29 is 4.79 Å². The van der Waals surface area contributed by atoms with Crippen LogP contribution in [0, 0.1) is 0 Å². The van der Waals surface area contributed by atoms with Crippen LogP contribution in [0.25, 0.3) is 0 Å². The van der Waals surface area contributed by atoms with Crippen molar-refractivity contribution in [3.05, 3.63) is 71.3 Å². The van der Waals surface area contributed by atoms with Gasteiger partial charge in [0.15, 0.2) is 5.78 Å². The molecule has 2 N–H and O–H groups in total. The Bertz CT molecular complexity index is 602. The fourth-order valence-corrected chi connectivity index (χ4v) is 2.68. The van der Waals surface area contributed by atoms with E-state index in [0.29, 0.717) is 5.92 Å². The van der Waals surface area contributed by atoms with Crippen LogP contribution in [0.15, 0.2) is 54.6 Å². The third-order valence-electron chi connectivity index (χ3n) is 4.19. The van der Waals surface area contributed by atoms with E-state index in [9.17, 15) is 4.79 Å². The third-order valence-corrected chi connectivity index (χ3v) is 4.19. The van der Waals surface area contributed by atoms with Crippen molar-refractivity contribution in [1.82, 2.24) is 0 Å². The van der Waals surface area contributed by atoms with Crippen LogP contribution in [0.3, 0.4) is 0 Å². The molecule has 1 unspecified atom stereocenters. The van der Waals surface area contributed by atoms with Crippen molar-refractivity contribution in [1.29, 1.82) is 0 Å². The van der Waals surface area contributed by atoms with Gasteiger partial charge in [-0.25, -0.2) is 0 Å². The highest BCUT2D eigenvalue weighted by Crippen LogP contribution is 2.36. The first kappa shape index (κ1) is 13.1. The van der Waals surface area contributed by atoms with Crippen molar-refractivity contribution in [2.75, 3.05) is 0 Å². The number of hydrogen-bond donors (Lipinski definition) is 1. The van der Waals surface area contributed by atoms with Gasteiger partial charge in [-0.3, -0.25) is 4.79 Å². The van der Waals surface area contributed by atoms with Gasteiger partial charge in [0.25, 0.3) is 0 Å². The summed E-state index contributed by atoms with van der Waals surface area (Å²) in [7, 11) is 0. The molecule has 2 heteroatoms. The minimum atomic E-state index is -0.576. The van der Waals surface area contributed by atoms with Gasteiger partial charge in [0.2, 0.25) is 0 Å². The second-order valence-corrected chi connectivity index (χ2v) is 5.51. The minimum Gasteiger partial charge on any atom is -0.318 e. The SMILES string of the molecule is NC(C(=O)c1cccc(C2CCC2)c1)c1ccccc1. The fraction of sp³-hybridized carbons (Fsp3) is 0.278. The first-order valence-electron chi connectivity index (χ1n) is 7.20. The van der Waals surface area contributed by atoms with Crippen molar-refractivity contribution in [2.24, 2.45) is 5.73 Å². The molecule has 2 aromatic carbocycles. The lowest BCUT2D eigenvalue weighted by atomic mass is 9.79. The lowest BCUT2D eigenvalue weighted by Crippen LogP contribution is -2.21. The van der Waals surface area contributed by atoms with Gasteiger partial charge in [-0.15, -0.1) is 0 Å². The number of benzene rings is 2. The van der Waals surface area contributed by atoms with Gasteiger partial charge < -0.3 is 5.73 Å². The van der Waals surface area contributed by atoms with Gasteiger partial charge >= 0.3 is 0 Å². The molecule has 0 saturated heterocycles. The van der Waals surface area contributed by atoms with E-state index in [-0.39, 0.29) is 5.78 Å². The Morgan fingerprint density at radius 3 is 2.45 bits per heavy atom. The molecular formula is C18H19NO.